The van der Waals surface area contributed by atoms with E-state index in [9.17, 15) is 19.8 Å². The number of aliphatic carboxylic acids is 1. The fourth-order valence-corrected chi connectivity index (χ4v) is 2.30. The first kappa shape index (κ1) is 15.3. The zero-order valence-corrected chi connectivity index (χ0v) is 12.3. The number of pyridine rings is 1. The lowest BCUT2D eigenvalue weighted by Gasteiger charge is -2.06. The molecule has 0 spiro atoms. The van der Waals surface area contributed by atoms with Crippen LogP contribution < -0.4 is 5.11 Å². The first-order valence-corrected chi connectivity index (χ1v) is 6.94. The van der Waals surface area contributed by atoms with Crippen LogP contribution in [-0.4, -0.2) is 26.5 Å². The molecule has 8 heteroatoms. The molecular weight excluding hydrogens is 312 g/mol. The van der Waals surface area contributed by atoms with Crippen LogP contribution in [0.2, 0.25) is 0 Å². The molecule has 3 rings (SSSR count). The first-order chi connectivity index (χ1) is 11.6. The molecule has 0 aliphatic heterocycles. The number of carbonyl (C=O) groups is 2. The third-order valence-electron chi connectivity index (χ3n) is 3.35. The van der Waals surface area contributed by atoms with Crippen molar-refractivity contribution in [1.29, 1.82) is 0 Å². The number of rotatable bonds is 4. The van der Waals surface area contributed by atoms with E-state index in [1.807, 2.05) is 0 Å². The van der Waals surface area contributed by atoms with Gasteiger partial charge in [-0.15, -0.1) is 10.2 Å². The van der Waals surface area contributed by atoms with Gasteiger partial charge in [0, 0.05) is 17.8 Å². The number of aromatic nitrogens is 2. The number of amides is 1. The Morgan fingerprint density at radius 3 is 2.71 bits per heavy atom. The third-order valence-corrected chi connectivity index (χ3v) is 3.35. The van der Waals surface area contributed by atoms with Crippen LogP contribution in [0.1, 0.15) is 10.4 Å². The van der Waals surface area contributed by atoms with Gasteiger partial charge in [0.05, 0.1) is 23.6 Å². The summed E-state index contributed by atoms with van der Waals surface area (Å²) >= 11 is 0. The second kappa shape index (κ2) is 6.29. The average Bonchev–Trinajstić information content (AvgIpc) is 2.85. The van der Waals surface area contributed by atoms with Crippen LogP contribution in [0.25, 0.3) is 10.9 Å². The van der Waals surface area contributed by atoms with Crippen molar-refractivity contribution in [2.24, 2.45) is 10.2 Å². The summed E-state index contributed by atoms with van der Waals surface area (Å²) in [5.41, 5.74) is 0.713. The van der Waals surface area contributed by atoms with Gasteiger partial charge in [0.1, 0.15) is 0 Å². The number of carboxylic acid groups (broad SMARTS) is 1. The van der Waals surface area contributed by atoms with Crippen molar-refractivity contribution in [2.45, 2.75) is 6.54 Å². The number of hydrogen-bond acceptors (Lipinski definition) is 6. The van der Waals surface area contributed by atoms with Crippen LogP contribution >= 0.6 is 0 Å². The van der Waals surface area contributed by atoms with E-state index in [1.54, 1.807) is 30.3 Å². The maximum absolute atomic E-state index is 12.0. The van der Waals surface area contributed by atoms with Gasteiger partial charge in [-0.2, -0.15) is 0 Å². The summed E-state index contributed by atoms with van der Waals surface area (Å²) in [6, 6.07) is 9.78. The number of hydrogen-bond donors (Lipinski definition) is 1. The Balaban J connectivity index is 2.03. The van der Waals surface area contributed by atoms with Gasteiger partial charge in [-0.3, -0.25) is 9.78 Å². The molecule has 1 amide bonds. The second-order valence-electron chi connectivity index (χ2n) is 4.89. The van der Waals surface area contributed by atoms with Crippen molar-refractivity contribution < 1.29 is 19.8 Å². The largest absolute Gasteiger partial charge is 0.548 e. The molecule has 1 N–H and O–H groups in total. The quantitative estimate of drug-likeness (QED) is 0.728. The lowest BCUT2D eigenvalue weighted by molar-refractivity contribution is -0.306. The molecule has 2 heterocycles. The summed E-state index contributed by atoms with van der Waals surface area (Å²) in [4.78, 5) is 26.6. The van der Waals surface area contributed by atoms with E-state index < -0.39 is 24.3 Å². The monoisotopic (exact) mass is 323 g/mol. The molecule has 2 aromatic heterocycles. The first-order valence-electron chi connectivity index (χ1n) is 6.94. The number of aromatic hydroxyl groups is 1. The van der Waals surface area contributed by atoms with Crippen LogP contribution in [0.4, 0.5) is 5.69 Å². The van der Waals surface area contributed by atoms with E-state index in [4.69, 9.17) is 0 Å². The van der Waals surface area contributed by atoms with Crippen LogP contribution in [0.15, 0.2) is 59.0 Å². The highest BCUT2D eigenvalue weighted by atomic mass is 16.4. The molecule has 8 nitrogen and oxygen atoms in total. The maximum atomic E-state index is 12.0. The molecule has 0 bridgehead atoms. The molecule has 0 saturated carbocycles. The Labute approximate surface area is 135 Å². The summed E-state index contributed by atoms with van der Waals surface area (Å²) in [6.45, 7) is -0.543. The van der Waals surface area contributed by atoms with E-state index in [0.717, 1.165) is 4.57 Å². The normalized spacial score (nSPS) is 11.2. The van der Waals surface area contributed by atoms with E-state index in [0.29, 0.717) is 10.9 Å². The van der Waals surface area contributed by atoms with Gasteiger partial charge in [0.25, 0.3) is 5.91 Å². The van der Waals surface area contributed by atoms with Crippen molar-refractivity contribution in [3.05, 3.63) is 54.4 Å². The van der Waals surface area contributed by atoms with Gasteiger partial charge in [-0.05, 0) is 18.2 Å². The Hall–Kier alpha value is -3.55. The lowest BCUT2D eigenvalue weighted by atomic mass is 10.2. The molecule has 0 saturated heterocycles. The molecule has 3 aromatic rings. The van der Waals surface area contributed by atoms with Gasteiger partial charge in [0.2, 0.25) is 5.88 Å². The van der Waals surface area contributed by atoms with Crippen molar-refractivity contribution >= 4 is 28.5 Å². The minimum Gasteiger partial charge on any atom is -0.548 e. The Morgan fingerprint density at radius 2 is 2.00 bits per heavy atom. The van der Waals surface area contributed by atoms with E-state index >= 15 is 0 Å². The smallest absolute Gasteiger partial charge is 0.296 e. The number of carboxylic acids is 1. The molecule has 0 radical (unpaired) electrons. The molecule has 120 valence electrons. The van der Waals surface area contributed by atoms with Gasteiger partial charge >= 0.3 is 0 Å². The highest BCUT2D eigenvalue weighted by molar-refractivity contribution is 5.97. The number of carbonyl (C=O) groups excluding carboxylic acids is 2. The molecular formula is C16H11N4O4-. The predicted octanol–water partition coefficient (Wildman–Crippen LogP) is 1.42. The molecule has 24 heavy (non-hydrogen) atoms. The summed E-state index contributed by atoms with van der Waals surface area (Å²) in [7, 11) is 0. The van der Waals surface area contributed by atoms with Gasteiger partial charge in [0.15, 0.2) is 5.69 Å². The van der Waals surface area contributed by atoms with Crippen molar-refractivity contribution in [1.82, 2.24) is 9.55 Å². The van der Waals surface area contributed by atoms with Gasteiger partial charge in [-0.25, -0.2) is 0 Å². The minimum absolute atomic E-state index is 0.0177. The second-order valence-corrected chi connectivity index (χ2v) is 4.89. The van der Waals surface area contributed by atoms with Crippen LogP contribution in [0.3, 0.4) is 0 Å². The standard InChI is InChI=1S/C16H12N4O4/c21-13(22)9-20-12-6-2-1-5-11(12)14(16(20)24)18-19-15(23)10-4-3-7-17-8-10/h1-8,24H,9H2,(H,21,22)/p-1. The minimum atomic E-state index is -1.36. The summed E-state index contributed by atoms with van der Waals surface area (Å²) in [5, 5.41) is 29.0. The third kappa shape index (κ3) is 2.84. The number of benzene rings is 1. The van der Waals surface area contributed by atoms with E-state index in [1.165, 1.54) is 18.5 Å². The van der Waals surface area contributed by atoms with E-state index in [-0.39, 0.29) is 11.3 Å². The highest BCUT2D eigenvalue weighted by Crippen LogP contribution is 2.38. The summed E-state index contributed by atoms with van der Waals surface area (Å²) in [5.74, 6) is -2.39. The lowest BCUT2D eigenvalue weighted by Crippen LogP contribution is -2.27. The Bertz CT molecular complexity index is 947. The SMILES string of the molecule is O=C([O-])Cn1c(O)c(N=NC(=O)c2cccnc2)c2ccccc21. The summed E-state index contributed by atoms with van der Waals surface area (Å²) in [6.07, 6.45) is 2.87. The molecule has 1 aromatic carbocycles. The van der Waals surface area contributed by atoms with Crippen molar-refractivity contribution in [3.63, 3.8) is 0 Å². The maximum Gasteiger partial charge on any atom is 0.296 e. The fraction of sp³-hybridized carbons (Fsp3) is 0.0625. The molecule has 0 unspecified atom stereocenters. The van der Waals surface area contributed by atoms with Gasteiger partial charge < -0.3 is 19.6 Å². The molecule has 0 atom stereocenters. The van der Waals surface area contributed by atoms with Crippen LogP contribution in [0.5, 0.6) is 5.88 Å². The van der Waals surface area contributed by atoms with Crippen molar-refractivity contribution in [2.75, 3.05) is 0 Å². The highest BCUT2D eigenvalue weighted by Gasteiger charge is 2.16. The van der Waals surface area contributed by atoms with Crippen molar-refractivity contribution in [3.8, 4) is 5.88 Å². The predicted molar refractivity (Wildman–Crippen MR) is 81.7 cm³/mol. The molecule has 0 fully saturated rings. The topological polar surface area (TPSA) is 120 Å². The van der Waals surface area contributed by atoms with Crippen LogP contribution in [-0.2, 0) is 11.3 Å². The number of fused-ring (bicyclic) bond motifs is 1. The number of azo groups is 1. The fourth-order valence-electron chi connectivity index (χ4n) is 2.30. The molecule has 0 aliphatic carbocycles. The molecule has 0 aliphatic rings. The number of nitrogens with zero attached hydrogens (tertiary/aromatic N) is 4. The zero-order valence-electron chi connectivity index (χ0n) is 12.3. The average molecular weight is 323 g/mol. The van der Waals surface area contributed by atoms with Gasteiger partial charge in [-0.1, -0.05) is 18.2 Å². The van der Waals surface area contributed by atoms with E-state index in [2.05, 4.69) is 15.2 Å². The summed E-state index contributed by atoms with van der Waals surface area (Å²) < 4.78 is 1.13. The Morgan fingerprint density at radius 1 is 1.21 bits per heavy atom. The van der Waals surface area contributed by atoms with Crippen LogP contribution in [0, 0.1) is 0 Å². The Kier molecular flexibility index (Phi) is 4.02. The number of para-hydroxylation sites is 1. The zero-order chi connectivity index (χ0) is 17.1.